The Morgan fingerprint density at radius 3 is 2.53 bits per heavy atom. The lowest BCUT2D eigenvalue weighted by Crippen LogP contribution is -2.32. The highest BCUT2D eigenvalue weighted by molar-refractivity contribution is 6.24. The maximum atomic E-state index is 12.2. The van der Waals surface area contributed by atoms with E-state index in [4.69, 9.17) is 14.6 Å². The van der Waals surface area contributed by atoms with Gasteiger partial charge >= 0.3 is 0 Å². The van der Waals surface area contributed by atoms with Crippen LogP contribution in [0.2, 0.25) is 0 Å². The summed E-state index contributed by atoms with van der Waals surface area (Å²) in [5, 5.41) is 9.06. The number of Topliss-reactive ketones (excluding diaryl/α,β-unsaturated/α-hetero) is 2. The molecule has 19 heavy (non-hydrogen) atoms. The molecule has 1 heterocycles. The number of aliphatic hydroxyl groups is 1. The maximum Gasteiger partial charge on any atom is 0.295 e. The minimum atomic E-state index is -1.25. The van der Waals surface area contributed by atoms with Crippen LogP contribution in [0.5, 0.6) is 0 Å². The summed E-state index contributed by atoms with van der Waals surface area (Å²) in [5.74, 6) is -0.874. The smallest absolute Gasteiger partial charge is 0.295 e. The third kappa shape index (κ3) is 3.32. The third-order valence-corrected chi connectivity index (χ3v) is 2.64. The first-order valence-corrected chi connectivity index (χ1v) is 5.89. The highest BCUT2D eigenvalue weighted by Gasteiger charge is 2.46. The van der Waals surface area contributed by atoms with E-state index in [0.717, 1.165) is 0 Å². The molecule has 5 heteroatoms. The number of rotatable bonds is 5. The lowest BCUT2D eigenvalue weighted by atomic mass is 9.95. The van der Waals surface area contributed by atoms with Crippen LogP contribution in [0.25, 0.3) is 0 Å². The number of ether oxygens (including phenoxy) is 2. The molecule has 1 rings (SSSR count). The van der Waals surface area contributed by atoms with Crippen molar-refractivity contribution in [1.29, 1.82) is 0 Å². The first-order chi connectivity index (χ1) is 8.81. The van der Waals surface area contributed by atoms with Crippen LogP contribution in [0, 0.1) is 0 Å². The number of carbonyl (C=O) groups is 2. The van der Waals surface area contributed by atoms with E-state index in [-0.39, 0.29) is 11.5 Å². The summed E-state index contributed by atoms with van der Waals surface area (Å²) in [5.41, 5.74) is -1.32. The minimum Gasteiger partial charge on any atom is -0.468 e. The van der Waals surface area contributed by atoms with Gasteiger partial charge in [-0.2, -0.15) is 0 Å². The van der Waals surface area contributed by atoms with Gasteiger partial charge in [-0.05, 0) is 26.8 Å². The zero-order valence-electron chi connectivity index (χ0n) is 11.5. The fourth-order valence-electron chi connectivity index (χ4n) is 1.65. The Morgan fingerprint density at radius 1 is 1.47 bits per heavy atom. The molecule has 0 amide bonds. The summed E-state index contributed by atoms with van der Waals surface area (Å²) < 4.78 is 10.3. The number of hydrogen-bond donors (Lipinski definition) is 1. The van der Waals surface area contributed by atoms with Gasteiger partial charge in [0.25, 0.3) is 5.95 Å². The van der Waals surface area contributed by atoms with Gasteiger partial charge in [-0.1, -0.05) is 18.2 Å². The Kier molecular flexibility index (Phi) is 4.67. The number of aliphatic hydroxyl groups excluding tert-OH is 1. The van der Waals surface area contributed by atoms with E-state index in [1.54, 1.807) is 32.1 Å². The van der Waals surface area contributed by atoms with Crippen molar-refractivity contribution in [2.45, 2.75) is 32.5 Å². The summed E-state index contributed by atoms with van der Waals surface area (Å²) in [4.78, 5) is 23.6. The summed E-state index contributed by atoms with van der Waals surface area (Å²) in [6.07, 6.45) is 5.68. The lowest BCUT2D eigenvalue weighted by Gasteiger charge is -2.18. The average Bonchev–Trinajstić information content (AvgIpc) is 2.58. The van der Waals surface area contributed by atoms with Crippen molar-refractivity contribution in [3.05, 3.63) is 35.8 Å². The van der Waals surface area contributed by atoms with E-state index in [1.165, 1.54) is 20.1 Å². The van der Waals surface area contributed by atoms with Gasteiger partial charge in [0.2, 0.25) is 5.78 Å². The first kappa shape index (κ1) is 15.2. The molecule has 0 saturated carbocycles. The molecule has 0 spiro atoms. The monoisotopic (exact) mass is 266 g/mol. The predicted molar refractivity (Wildman–Crippen MR) is 69.2 cm³/mol. The van der Waals surface area contributed by atoms with E-state index in [2.05, 4.69) is 0 Å². The van der Waals surface area contributed by atoms with Gasteiger partial charge in [0.15, 0.2) is 11.4 Å². The van der Waals surface area contributed by atoms with E-state index in [1.807, 2.05) is 0 Å². The van der Waals surface area contributed by atoms with Crippen molar-refractivity contribution in [3.63, 3.8) is 0 Å². The van der Waals surface area contributed by atoms with Crippen LogP contribution in [-0.2, 0) is 19.1 Å². The highest BCUT2D eigenvalue weighted by Crippen LogP contribution is 2.32. The normalized spacial score (nSPS) is 25.2. The number of hydrogen-bond acceptors (Lipinski definition) is 5. The SMILES string of the molecule is COC1=C(C(C)=O)C(=O)[C@](C)(/C=C/C=C/[C@H](C)O)O1. The summed E-state index contributed by atoms with van der Waals surface area (Å²) >= 11 is 0. The van der Waals surface area contributed by atoms with Crippen LogP contribution in [0.4, 0.5) is 0 Å². The third-order valence-electron chi connectivity index (χ3n) is 2.64. The van der Waals surface area contributed by atoms with Crippen LogP contribution >= 0.6 is 0 Å². The van der Waals surface area contributed by atoms with E-state index in [0.29, 0.717) is 0 Å². The van der Waals surface area contributed by atoms with Crippen LogP contribution in [0.1, 0.15) is 20.8 Å². The van der Waals surface area contributed by atoms with E-state index >= 15 is 0 Å². The molecule has 104 valence electrons. The van der Waals surface area contributed by atoms with Crippen molar-refractivity contribution in [2.24, 2.45) is 0 Å². The Balaban J connectivity index is 2.94. The fourth-order valence-corrected chi connectivity index (χ4v) is 1.65. The molecule has 0 aromatic carbocycles. The highest BCUT2D eigenvalue weighted by atomic mass is 16.7. The molecule has 0 saturated heterocycles. The molecule has 0 aliphatic carbocycles. The standard InChI is InChI=1S/C14H18O5/c1-9(15)7-5-6-8-14(3)12(17)11(10(2)16)13(18-4)19-14/h5-9,15H,1-4H3/b7-5+,8-6+/t9-,14-/m0/s1. The zero-order valence-corrected chi connectivity index (χ0v) is 11.5. The van der Waals surface area contributed by atoms with Gasteiger partial charge in [-0.3, -0.25) is 9.59 Å². The van der Waals surface area contributed by atoms with Crippen molar-refractivity contribution in [3.8, 4) is 0 Å². The first-order valence-electron chi connectivity index (χ1n) is 5.89. The topological polar surface area (TPSA) is 72.8 Å². The zero-order chi connectivity index (χ0) is 14.6. The van der Waals surface area contributed by atoms with Crippen LogP contribution in [-0.4, -0.2) is 35.5 Å². The van der Waals surface area contributed by atoms with Gasteiger partial charge in [-0.25, -0.2) is 0 Å². The maximum absolute atomic E-state index is 12.2. The fraction of sp³-hybridized carbons (Fsp3) is 0.429. The predicted octanol–water partition coefficient (Wildman–Crippen LogP) is 1.28. The Hall–Kier alpha value is -1.88. The second-order valence-corrected chi connectivity index (χ2v) is 4.45. The molecule has 0 bridgehead atoms. The van der Waals surface area contributed by atoms with Crippen molar-refractivity contribution >= 4 is 11.6 Å². The van der Waals surface area contributed by atoms with Crippen LogP contribution in [0.15, 0.2) is 35.8 Å². The van der Waals surface area contributed by atoms with E-state index < -0.39 is 23.3 Å². The largest absolute Gasteiger partial charge is 0.468 e. The lowest BCUT2D eigenvalue weighted by molar-refractivity contribution is -0.128. The molecule has 1 aliphatic heterocycles. The van der Waals surface area contributed by atoms with Gasteiger partial charge in [-0.15, -0.1) is 0 Å². The van der Waals surface area contributed by atoms with Crippen LogP contribution < -0.4 is 0 Å². The number of carbonyl (C=O) groups excluding carboxylic acids is 2. The average molecular weight is 266 g/mol. The molecule has 0 radical (unpaired) electrons. The molecule has 1 N–H and O–H groups in total. The number of allylic oxidation sites excluding steroid dienone is 2. The molecule has 0 fully saturated rings. The van der Waals surface area contributed by atoms with Gasteiger partial charge in [0.05, 0.1) is 13.2 Å². The van der Waals surface area contributed by atoms with Crippen molar-refractivity contribution in [2.75, 3.05) is 7.11 Å². The number of ketones is 2. The second-order valence-electron chi connectivity index (χ2n) is 4.45. The summed E-state index contributed by atoms with van der Waals surface area (Å²) in [6, 6.07) is 0. The quantitative estimate of drug-likeness (QED) is 0.599. The molecular formula is C14H18O5. The molecule has 2 atom stereocenters. The Bertz CT molecular complexity index is 470. The Morgan fingerprint density at radius 2 is 2.11 bits per heavy atom. The number of methoxy groups -OCH3 is 1. The van der Waals surface area contributed by atoms with Gasteiger partial charge in [0, 0.05) is 0 Å². The molecule has 5 nitrogen and oxygen atoms in total. The molecule has 0 unspecified atom stereocenters. The van der Waals surface area contributed by atoms with Crippen molar-refractivity contribution in [1.82, 2.24) is 0 Å². The van der Waals surface area contributed by atoms with E-state index in [9.17, 15) is 9.59 Å². The summed E-state index contributed by atoms with van der Waals surface area (Å²) in [6.45, 7) is 4.46. The molecule has 1 aliphatic rings. The summed E-state index contributed by atoms with van der Waals surface area (Å²) in [7, 11) is 1.34. The molecular weight excluding hydrogens is 248 g/mol. The van der Waals surface area contributed by atoms with Crippen molar-refractivity contribution < 1.29 is 24.2 Å². The second kappa shape index (κ2) is 5.84. The molecule has 0 aromatic heterocycles. The minimum absolute atomic E-state index is 0.0517. The molecule has 0 aromatic rings. The van der Waals surface area contributed by atoms with Crippen LogP contribution in [0.3, 0.4) is 0 Å². The van der Waals surface area contributed by atoms with Gasteiger partial charge < -0.3 is 14.6 Å². The Labute approximate surface area is 112 Å². The van der Waals surface area contributed by atoms with Gasteiger partial charge in [0.1, 0.15) is 5.57 Å².